The molecule has 6 heteroatoms. The minimum absolute atomic E-state index is 0.145. The molecule has 1 saturated carbocycles. The van der Waals surface area contributed by atoms with Crippen LogP contribution in [0.4, 0.5) is 8.78 Å². The molecule has 2 rings (SSSR count). The smallest absolute Gasteiger partial charge is 0.204 e. The zero-order valence-corrected chi connectivity index (χ0v) is 6.92. The highest BCUT2D eigenvalue weighted by Gasteiger charge is 2.60. The first-order valence-corrected chi connectivity index (χ1v) is 3.84. The Bertz CT molecular complexity index is 285. The van der Waals surface area contributed by atoms with Gasteiger partial charge >= 0.3 is 0 Å². The van der Waals surface area contributed by atoms with Crippen LogP contribution < -0.4 is 0 Å². The molecule has 11 heavy (non-hydrogen) atoms. The Labute approximate surface area is 69.5 Å². The summed E-state index contributed by atoms with van der Waals surface area (Å²) in [5.74, 6) is -2.60. The lowest BCUT2D eigenvalue weighted by Crippen LogP contribution is -2.05. The van der Waals surface area contributed by atoms with Crippen molar-refractivity contribution in [2.45, 2.75) is 18.4 Å². The summed E-state index contributed by atoms with van der Waals surface area (Å²) in [6.45, 7) is 0. The van der Waals surface area contributed by atoms with E-state index in [4.69, 9.17) is 0 Å². The van der Waals surface area contributed by atoms with E-state index in [9.17, 15) is 8.78 Å². The monoisotopic (exact) mass is 223 g/mol. The van der Waals surface area contributed by atoms with Crippen molar-refractivity contribution in [3.05, 3.63) is 10.8 Å². The van der Waals surface area contributed by atoms with Gasteiger partial charge in [0, 0.05) is 6.42 Å². The Hall–Kier alpha value is -0.520. The number of halogens is 3. The molecule has 1 aliphatic rings. The second-order valence-electron chi connectivity index (χ2n) is 2.47. The number of hydrogen-bond acceptors (Lipinski definition) is 2. The molecule has 0 N–H and O–H groups in total. The molecule has 0 radical (unpaired) electrons. The van der Waals surface area contributed by atoms with Gasteiger partial charge in [-0.05, 0) is 15.9 Å². The average Bonchev–Trinajstić information content (AvgIpc) is 2.39. The molecular formula is C5H4BrF2N3. The minimum atomic E-state index is -2.60. The van der Waals surface area contributed by atoms with E-state index in [1.807, 2.05) is 0 Å². The molecular weight excluding hydrogens is 220 g/mol. The van der Waals surface area contributed by atoms with E-state index in [1.165, 1.54) is 6.20 Å². The quantitative estimate of drug-likeness (QED) is 0.725. The van der Waals surface area contributed by atoms with Crippen LogP contribution >= 0.6 is 15.9 Å². The summed E-state index contributed by atoms with van der Waals surface area (Å²) in [7, 11) is 0. The summed E-state index contributed by atoms with van der Waals surface area (Å²) in [6.07, 6.45) is 1.25. The molecule has 0 amide bonds. The summed E-state index contributed by atoms with van der Waals surface area (Å²) in [5, 5.41) is 7.36. The molecule has 0 saturated heterocycles. The van der Waals surface area contributed by atoms with Crippen LogP contribution in [0.3, 0.4) is 0 Å². The topological polar surface area (TPSA) is 30.7 Å². The van der Waals surface area contributed by atoms with Gasteiger partial charge in [-0.15, -0.1) is 5.10 Å². The Morgan fingerprint density at radius 1 is 1.73 bits per heavy atom. The van der Waals surface area contributed by atoms with Crippen molar-refractivity contribution in [3.8, 4) is 0 Å². The van der Waals surface area contributed by atoms with E-state index in [2.05, 4.69) is 26.1 Å². The minimum Gasteiger partial charge on any atom is -0.204 e. The maximum absolute atomic E-state index is 12.4. The third-order valence-electron chi connectivity index (χ3n) is 1.55. The largest absolute Gasteiger partial charge is 0.274 e. The number of nitrogens with zero attached hydrogens (tertiary/aromatic N) is 3. The normalized spacial score (nSPS) is 27.0. The van der Waals surface area contributed by atoms with Gasteiger partial charge in [-0.3, -0.25) is 0 Å². The first kappa shape index (κ1) is 7.15. The molecule has 3 nitrogen and oxygen atoms in total. The van der Waals surface area contributed by atoms with E-state index >= 15 is 0 Å². The molecule has 1 aromatic heterocycles. The molecule has 60 valence electrons. The highest BCUT2D eigenvalue weighted by atomic mass is 79.9. The second-order valence-corrected chi connectivity index (χ2v) is 3.28. The zero-order chi connectivity index (χ0) is 8.06. The molecule has 0 spiro atoms. The van der Waals surface area contributed by atoms with Crippen molar-refractivity contribution in [2.75, 3.05) is 0 Å². The van der Waals surface area contributed by atoms with E-state index in [0.29, 0.717) is 4.60 Å². The maximum atomic E-state index is 12.4. The van der Waals surface area contributed by atoms with Crippen molar-refractivity contribution >= 4 is 15.9 Å². The predicted octanol–water partition coefficient (Wildman–Crippen LogP) is 1.62. The summed E-state index contributed by atoms with van der Waals surface area (Å²) in [4.78, 5) is 1.05. The molecule has 1 fully saturated rings. The third-order valence-corrected chi connectivity index (χ3v) is 1.92. The summed E-state index contributed by atoms with van der Waals surface area (Å²) in [6, 6.07) is -0.825. The molecule has 1 atom stereocenters. The summed E-state index contributed by atoms with van der Waals surface area (Å²) < 4.78 is 25.2. The van der Waals surface area contributed by atoms with Gasteiger partial charge in [0.25, 0.3) is 5.92 Å². The number of hydrogen-bond donors (Lipinski definition) is 0. The van der Waals surface area contributed by atoms with Crippen LogP contribution in [0, 0.1) is 0 Å². The van der Waals surface area contributed by atoms with Crippen LogP contribution in [0.15, 0.2) is 10.8 Å². The van der Waals surface area contributed by atoms with Gasteiger partial charge < -0.3 is 0 Å². The number of alkyl halides is 2. The van der Waals surface area contributed by atoms with Gasteiger partial charge in [0.05, 0.1) is 6.20 Å². The van der Waals surface area contributed by atoms with Gasteiger partial charge in [-0.1, -0.05) is 0 Å². The fraction of sp³-hybridized carbons (Fsp3) is 0.600. The molecule has 0 aliphatic heterocycles. The first-order valence-electron chi connectivity index (χ1n) is 3.05. The van der Waals surface area contributed by atoms with Crippen LogP contribution in [0.2, 0.25) is 0 Å². The standard InChI is InChI=1S/C5H4BrF2N3/c6-4-2-9-11(10-4)3-1-5(3,7)8/h2-3H,1H2. The maximum Gasteiger partial charge on any atom is 0.274 e. The molecule has 1 aliphatic carbocycles. The van der Waals surface area contributed by atoms with E-state index < -0.39 is 12.0 Å². The SMILES string of the molecule is FC1(F)CC1n1ncc(Br)n1. The lowest BCUT2D eigenvalue weighted by molar-refractivity contribution is 0.0952. The van der Waals surface area contributed by atoms with Gasteiger partial charge in [0.1, 0.15) is 10.6 Å². The van der Waals surface area contributed by atoms with Crippen molar-refractivity contribution < 1.29 is 8.78 Å². The lowest BCUT2D eigenvalue weighted by Gasteiger charge is -1.94. The predicted molar refractivity (Wildman–Crippen MR) is 36.3 cm³/mol. The summed E-state index contributed by atoms with van der Waals surface area (Å²) >= 11 is 3.03. The Kier molecular flexibility index (Phi) is 1.30. The molecule has 1 unspecified atom stereocenters. The van der Waals surface area contributed by atoms with Crippen LogP contribution in [0.1, 0.15) is 12.5 Å². The lowest BCUT2D eigenvalue weighted by atomic mass is 10.7. The van der Waals surface area contributed by atoms with Crippen molar-refractivity contribution in [3.63, 3.8) is 0 Å². The molecule has 1 aromatic rings. The highest BCUT2D eigenvalue weighted by Crippen LogP contribution is 2.51. The average molecular weight is 224 g/mol. The van der Waals surface area contributed by atoms with E-state index in [0.717, 1.165) is 4.80 Å². The summed E-state index contributed by atoms with van der Waals surface area (Å²) in [5.41, 5.74) is 0. The van der Waals surface area contributed by atoms with Crippen LogP contribution in [-0.4, -0.2) is 20.9 Å². The molecule has 1 heterocycles. The highest BCUT2D eigenvalue weighted by molar-refractivity contribution is 9.10. The van der Waals surface area contributed by atoms with Crippen molar-refractivity contribution in [1.29, 1.82) is 0 Å². The Balaban J connectivity index is 2.20. The molecule has 0 bridgehead atoms. The van der Waals surface area contributed by atoms with Gasteiger partial charge in [0.15, 0.2) is 0 Å². The van der Waals surface area contributed by atoms with E-state index in [-0.39, 0.29) is 6.42 Å². The zero-order valence-electron chi connectivity index (χ0n) is 5.34. The van der Waals surface area contributed by atoms with Crippen molar-refractivity contribution in [1.82, 2.24) is 15.0 Å². The van der Waals surface area contributed by atoms with Gasteiger partial charge in [0.2, 0.25) is 0 Å². The molecule has 0 aromatic carbocycles. The fourth-order valence-corrected chi connectivity index (χ4v) is 1.11. The second kappa shape index (κ2) is 2.00. The van der Waals surface area contributed by atoms with Gasteiger partial charge in [-0.2, -0.15) is 9.90 Å². The van der Waals surface area contributed by atoms with Crippen molar-refractivity contribution in [2.24, 2.45) is 0 Å². The van der Waals surface area contributed by atoms with Crippen LogP contribution in [0.25, 0.3) is 0 Å². The number of aromatic nitrogens is 3. The third kappa shape index (κ3) is 1.15. The van der Waals surface area contributed by atoms with Crippen LogP contribution in [-0.2, 0) is 0 Å². The van der Waals surface area contributed by atoms with E-state index in [1.54, 1.807) is 0 Å². The number of rotatable bonds is 1. The van der Waals surface area contributed by atoms with Crippen LogP contribution in [0.5, 0.6) is 0 Å². The van der Waals surface area contributed by atoms with Gasteiger partial charge in [-0.25, -0.2) is 8.78 Å². The Morgan fingerprint density at radius 3 is 2.73 bits per heavy atom. The Morgan fingerprint density at radius 2 is 2.36 bits per heavy atom. The fourth-order valence-electron chi connectivity index (χ4n) is 0.856. The first-order chi connectivity index (χ1) is 5.09.